The zero-order valence-corrected chi connectivity index (χ0v) is 11.3. The van der Waals surface area contributed by atoms with Crippen LogP contribution in [0.1, 0.15) is 29.3 Å². The molecular weight excluding hydrogens is 268 g/mol. The highest BCUT2D eigenvalue weighted by Crippen LogP contribution is 2.31. The summed E-state index contributed by atoms with van der Waals surface area (Å²) in [7, 11) is 0. The van der Waals surface area contributed by atoms with Gasteiger partial charge < -0.3 is 10.3 Å². The number of nitrogens with zero attached hydrogens (tertiary/aromatic N) is 4. The van der Waals surface area contributed by atoms with Crippen LogP contribution in [0.2, 0.25) is 0 Å². The largest absolute Gasteiger partial charge is 0.366 e. The van der Waals surface area contributed by atoms with Gasteiger partial charge in [-0.1, -0.05) is 29.4 Å². The molecule has 0 saturated carbocycles. The van der Waals surface area contributed by atoms with Gasteiger partial charge in [0, 0.05) is 5.92 Å². The number of hydrogen-bond donors (Lipinski definition) is 2. The molecule has 0 aliphatic heterocycles. The third kappa shape index (κ3) is 2.16. The number of H-pyrrole nitrogens is 1. The molecule has 0 amide bonds. The zero-order chi connectivity index (χ0) is 14.2. The molecule has 0 saturated heterocycles. The fourth-order valence-corrected chi connectivity index (χ4v) is 2.79. The highest BCUT2D eigenvalue weighted by Gasteiger charge is 2.25. The summed E-state index contributed by atoms with van der Waals surface area (Å²) in [5.41, 5.74) is 8.26. The summed E-state index contributed by atoms with van der Waals surface area (Å²) < 4.78 is 5.25. The van der Waals surface area contributed by atoms with Gasteiger partial charge in [-0.2, -0.15) is 9.97 Å². The SMILES string of the molecule is Nc1n[nH]c(-c2nc(C3CCc4ccccc4C3)no2)n1. The molecule has 21 heavy (non-hydrogen) atoms. The summed E-state index contributed by atoms with van der Waals surface area (Å²) in [5, 5.41) is 10.5. The number of anilines is 1. The molecule has 2 heterocycles. The van der Waals surface area contributed by atoms with E-state index in [2.05, 4.69) is 49.6 Å². The fourth-order valence-electron chi connectivity index (χ4n) is 2.79. The van der Waals surface area contributed by atoms with Crippen molar-refractivity contribution in [2.75, 3.05) is 5.73 Å². The molecule has 0 fully saturated rings. The topological polar surface area (TPSA) is 107 Å². The first kappa shape index (κ1) is 12.1. The molecule has 7 nitrogen and oxygen atoms in total. The maximum Gasteiger partial charge on any atom is 0.295 e. The van der Waals surface area contributed by atoms with Crippen molar-refractivity contribution < 1.29 is 4.52 Å². The average molecular weight is 282 g/mol. The van der Waals surface area contributed by atoms with Crippen molar-refractivity contribution in [3.8, 4) is 11.7 Å². The van der Waals surface area contributed by atoms with Gasteiger partial charge in [0.2, 0.25) is 11.8 Å². The van der Waals surface area contributed by atoms with E-state index in [1.165, 1.54) is 11.1 Å². The first-order chi connectivity index (χ1) is 10.3. The van der Waals surface area contributed by atoms with E-state index in [1.807, 2.05) is 0 Å². The van der Waals surface area contributed by atoms with Crippen LogP contribution in [0.25, 0.3) is 11.7 Å². The van der Waals surface area contributed by atoms with E-state index in [1.54, 1.807) is 0 Å². The summed E-state index contributed by atoms with van der Waals surface area (Å²) in [6.45, 7) is 0. The molecule has 1 aliphatic carbocycles. The van der Waals surface area contributed by atoms with E-state index in [4.69, 9.17) is 10.3 Å². The number of aromatic amines is 1. The number of fused-ring (bicyclic) bond motifs is 1. The maximum atomic E-state index is 5.48. The van der Waals surface area contributed by atoms with Crippen molar-refractivity contribution in [2.45, 2.75) is 25.2 Å². The van der Waals surface area contributed by atoms with Crippen LogP contribution in [-0.2, 0) is 12.8 Å². The minimum absolute atomic E-state index is 0.163. The van der Waals surface area contributed by atoms with Crippen molar-refractivity contribution in [1.82, 2.24) is 25.3 Å². The lowest BCUT2D eigenvalue weighted by atomic mass is 9.83. The molecule has 3 aromatic rings. The summed E-state index contributed by atoms with van der Waals surface area (Å²) in [4.78, 5) is 8.41. The van der Waals surface area contributed by atoms with E-state index in [0.29, 0.717) is 11.7 Å². The second-order valence-electron chi connectivity index (χ2n) is 5.21. The molecule has 1 aromatic carbocycles. The fraction of sp³-hybridized carbons (Fsp3) is 0.286. The Morgan fingerprint density at radius 2 is 2.05 bits per heavy atom. The van der Waals surface area contributed by atoms with Crippen LogP contribution in [0.3, 0.4) is 0 Å². The van der Waals surface area contributed by atoms with Crippen LogP contribution >= 0.6 is 0 Å². The normalized spacial score (nSPS) is 17.6. The van der Waals surface area contributed by atoms with Crippen LogP contribution in [0.4, 0.5) is 5.95 Å². The molecular formula is C14H14N6O. The molecule has 0 radical (unpaired) electrons. The molecule has 7 heteroatoms. The van der Waals surface area contributed by atoms with E-state index in [9.17, 15) is 0 Å². The van der Waals surface area contributed by atoms with Crippen LogP contribution in [0.5, 0.6) is 0 Å². The Hall–Kier alpha value is -2.70. The Labute approximate surface area is 120 Å². The van der Waals surface area contributed by atoms with Gasteiger partial charge in [-0.3, -0.25) is 5.10 Å². The van der Waals surface area contributed by atoms with Gasteiger partial charge in [0.05, 0.1) is 0 Å². The van der Waals surface area contributed by atoms with Crippen molar-refractivity contribution >= 4 is 5.95 Å². The van der Waals surface area contributed by atoms with Gasteiger partial charge in [0.1, 0.15) is 0 Å². The van der Waals surface area contributed by atoms with Crippen molar-refractivity contribution in [1.29, 1.82) is 0 Å². The van der Waals surface area contributed by atoms with Crippen molar-refractivity contribution in [3.05, 3.63) is 41.2 Å². The first-order valence-electron chi connectivity index (χ1n) is 6.88. The van der Waals surface area contributed by atoms with Gasteiger partial charge in [-0.15, -0.1) is 5.10 Å². The number of nitrogen functional groups attached to an aromatic ring is 1. The number of benzene rings is 1. The number of hydrogen-bond acceptors (Lipinski definition) is 6. The van der Waals surface area contributed by atoms with Gasteiger partial charge >= 0.3 is 0 Å². The monoisotopic (exact) mass is 282 g/mol. The molecule has 3 N–H and O–H groups in total. The lowest BCUT2D eigenvalue weighted by Gasteiger charge is -2.21. The summed E-state index contributed by atoms with van der Waals surface area (Å²) >= 11 is 0. The summed E-state index contributed by atoms with van der Waals surface area (Å²) in [6.07, 6.45) is 3.00. The molecule has 0 spiro atoms. The van der Waals surface area contributed by atoms with Crippen molar-refractivity contribution in [2.24, 2.45) is 0 Å². The van der Waals surface area contributed by atoms with Gasteiger partial charge in [-0.05, 0) is 30.4 Å². The summed E-state index contributed by atoms with van der Waals surface area (Å²) in [5.74, 6) is 1.89. The maximum absolute atomic E-state index is 5.48. The van der Waals surface area contributed by atoms with Crippen molar-refractivity contribution in [3.63, 3.8) is 0 Å². The van der Waals surface area contributed by atoms with E-state index in [-0.39, 0.29) is 11.9 Å². The quantitative estimate of drug-likeness (QED) is 0.741. The average Bonchev–Trinajstić information content (AvgIpc) is 3.15. The third-order valence-corrected chi connectivity index (χ3v) is 3.86. The van der Waals surface area contributed by atoms with E-state index < -0.39 is 0 Å². The van der Waals surface area contributed by atoms with E-state index in [0.717, 1.165) is 25.1 Å². The van der Waals surface area contributed by atoms with Crippen LogP contribution in [-0.4, -0.2) is 25.3 Å². The van der Waals surface area contributed by atoms with Gasteiger partial charge in [0.25, 0.3) is 5.89 Å². The predicted molar refractivity (Wildman–Crippen MR) is 75.3 cm³/mol. The Balaban J connectivity index is 1.60. The number of nitrogens with two attached hydrogens (primary N) is 1. The van der Waals surface area contributed by atoms with Crippen LogP contribution < -0.4 is 5.73 Å². The predicted octanol–water partition coefficient (Wildman–Crippen LogP) is 1.71. The van der Waals surface area contributed by atoms with Crippen LogP contribution in [0, 0.1) is 0 Å². The minimum atomic E-state index is 0.163. The Morgan fingerprint density at radius 3 is 2.86 bits per heavy atom. The van der Waals surface area contributed by atoms with Crippen LogP contribution in [0.15, 0.2) is 28.8 Å². The molecule has 1 aliphatic rings. The molecule has 106 valence electrons. The minimum Gasteiger partial charge on any atom is -0.366 e. The smallest absolute Gasteiger partial charge is 0.295 e. The number of aromatic nitrogens is 5. The van der Waals surface area contributed by atoms with E-state index >= 15 is 0 Å². The highest BCUT2D eigenvalue weighted by atomic mass is 16.5. The second kappa shape index (κ2) is 4.69. The first-order valence-corrected chi connectivity index (χ1v) is 6.88. The Morgan fingerprint density at radius 1 is 1.19 bits per heavy atom. The highest BCUT2D eigenvalue weighted by molar-refractivity contribution is 5.42. The standard InChI is InChI=1S/C14H14N6O/c15-14-17-12(18-19-14)13-16-11(20-21-13)10-6-5-8-3-1-2-4-9(8)7-10/h1-4,10H,5-7H2,(H3,15,17,18,19). The zero-order valence-electron chi connectivity index (χ0n) is 11.3. The van der Waals surface area contributed by atoms with Gasteiger partial charge in [0.15, 0.2) is 5.82 Å². The number of rotatable bonds is 2. The molecule has 0 bridgehead atoms. The van der Waals surface area contributed by atoms with Gasteiger partial charge in [-0.25, -0.2) is 0 Å². The number of nitrogens with one attached hydrogen (secondary N) is 1. The third-order valence-electron chi connectivity index (χ3n) is 3.86. The molecule has 1 atom stereocenters. The number of aryl methyl sites for hydroxylation is 1. The lowest BCUT2D eigenvalue weighted by Crippen LogP contribution is -2.13. The molecule has 4 rings (SSSR count). The summed E-state index contributed by atoms with van der Waals surface area (Å²) in [6, 6.07) is 8.50. The Bertz CT molecular complexity index is 777. The molecule has 2 aromatic heterocycles. The Kier molecular flexibility index (Phi) is 2.70. The second-order valence-corrected chi connectivity index (χ2v) is 5.21. The molecule has 1 unspecified atom stereocenters. The lowest BCUT2D eigenvalue weighted by molar-refractivity contribution is 0.408.